The van der Waals surface area contributed by atoms with E-state index in [0.29, 0.717) is 0 Å². The molecule has 0 aromatic heterocycles. The fourth-order valence-corrected chi connectivity index (χ4v) is 9.85. The summed E-state index contributed by atoms with van der Waals surface area (Å²) in [6, 6.07) is 88.7. The first-order valence-corrected chi connectivity index (χ1v) is 21.8. The second kappa shape index (κ2) is 15.5. The van der Waals surface area contributed by atoms with Gasteiger partial charge in [-0.2, -0.15) is 0 Å². The zero-order valence-corrected chi connectivity index (χ0v) is 34.9. The maximum atomic E-state index is 6.72. The van der Waals surface area contributed by atoms with Crippen LogP contribution < -0.4 is 14.4 Å². The Hall–Kier alpha value is -8.40. The number of nitrogens with zero attached hydrogens (tertiary/aromatic N) is 1. The molecular formula is C61H41NO2. The quantitative estimate of drug-likeness (QED) is 0.152. The molecule has 10 aromatic rings. The molecule has 3 heteroatoms. The Morgan fingerprint density at radius 3 is 1.22 bits per heavy atom. The SMILES string of the molecule is c1ccc(-c2ccc(N(c3ccc(-c4ccccc4)cc3)c3ccc(-c4ccc(C5(c6ccccc6)c6ccccc6-c6c5ccc5c6Oc6ccccc6O5)cc4)cc3)cc2)cc1. The fourth-order valence-electron chi connectivity index (χ4n) is 9.85. The number of hydrogen-bond acceptors (Lipinski definition) is 3. The van der Waals surface area contributed by atoms with Gasteiger partial charge < -0.3 is 14.4 Å². The van der Waals surface area contributed by atoms with Crippen molar-refractivity contribution < 1.29 is 9.47 Å². The van der Waals surface area contributed by atoms with E-state index in [1.54, 1.807) is 0 Å². The van der Waals surface area contributed by atoms with E-state index < -0.39 is 5.41 Å². The van der Waals surface area contributed by atoms with Gasteiger partial charge in [0, 0.05) is 22.6 Å². The Morgan fingerprint density at radius 2 is 0.688 bits per heavy atom. The summed E-state index contributed by atoms with van der Waals surface area (Å²) in [5.74, 6) is 2.92. The standard InChI is InChI=1S/C61H41NO2/c1-4-14-42(15-5-1)45-26-34-50(35-27-45)62(51-36-28-46(29-37-51)43-16-6-2-7-17-43)52-38-30-47(31-39-52)44-24-32-49(33-25-44)61(48-18-8-3-9-19-48)54-21-11-10-20-53(54)59-55(61)40-41-58-60(59)64-57-23-13-12-22-56(57)63-58/h1-41H. The number of fused-ring (bicyclic) bond motifs is 6. The summed E-state index contributed by atoms with van der Waals surface area (Å²) in [5.41, 5.74) is 16.8. The van der Waals surface area contributed by atoms with Gasteiger partial charge >= 0.3 is 0 Å². The van der Waals surface area contributed by atoms with Gasteiger partial charge in [0.15, 0.2) is 23.0 Å². The monoisotopic (exact) mass is 819 g/mol. The van der Waals surface area contributed by atoms with Crippen LogP contribution in [0.5, 0.6) is 23.0 Å². The Balaban J connectivity index is 0.922. The summed E-state index contributed by atoms with van der Waals surface area (Å²) in [4.78, 5) is 2.33. The van der Waals surface area contributed by atoms with Gasteiger partial charge in [0.1, 0.15) is 0 Å². The molecule has 0 spiro atoms. The van der Waals surface area contributed by atoms with Crippen molar-refractivity contribution in [1.29, 1.82) is 0 Å². The lowest BCUT2D eigenvalue weighted by Gasteiger charge is -2.34. The normalized spacial score (nSPS) is 14.2. The Bertz CT molecular complexity index is 3190. The molecule has 2 aliphatic rings. The zero-order chi connectivity index (χ0) is 42.5. The third-order valence-electron chi connectivity index (χ3n) is 12.9. The number of rotatable bonds is 8. The van der Waals surface area contributed by atoms with Crippen LogP contribution in [0.1, 0.15) is 22.3 Å². The third kappa shape index (κ3) is 6.20. The highest BCUT2D eigenvalue weighted by atomic mass is 16.6. The van der Waals surface area contributed by atoms with E-state index in [9.17, 15) is 0 Å². The minimum atomic E-state index is -0.586. The van der Waals surface area contributed by atoms with Gasteiger partial charge in [-0.3, -0.25) is 0 Å². The maximum Gasteiger partial charge on any atom is 0.178 e. The summed E-state index contributed by atoms with van der Waals surface area (Å²) in [7, 11) is 0. The summed E-state index contributed by atoms with van der Waals surface area (Å²) in [6.45, 7) is 0. The second-order valence-corrected chi connectivity index (χ2v) is 16.4. The molecule has 0 N–H and O–H groups in total. The van der Waals surface area contributed by atoms with Crippen LogP contribution in [0.15, 0.2) is 249 Å². The molecule has 12 rings (SSSR count). The van der Waals surface area contributed by atoms with Gasteiger partial charge in [0.05, 0.1) is 5.41 Å². The van der Waals surface area contributed by atoms with Gasteiger partial charge in [0.2, 0.25) is 0 Å². The molecule has 0 radical (unpaired) electrons. The highest BCUT2D eigenvalue weighted by Crippen LogP contribution is 2.62. The first-order valence-electron chi connectivity index (χ1n) is 21.8. The number of anilines is 3. The Morgan fingerprint density at radius 1 is 0.281 bits per heavy atom. The lowest BCUT2D eigenvalue weighted by Crippen LogP contribution is -2.28. The van der Waals surface area contributed by atoms with E-state index in [4.69, 9.17) is 9.47 Å². The van der Waals surface area contributed by atoms with Crippen LogP contribution in [0.25, 0.3) is 44.5 Å². The zero-order valence-electron chi connectivity index (χ0n) is 34.9. The summed E-state index contributed by atoms with van der Waals surface area (Å²) >= 11 is 0. The van der Waals surface area contributed by atoms with Crippen LogP contribution in [0.2, 0.25) is 0 Å². The Kier molecular flexibility index (Phi) is 9.05. The van der Waals surface area contributed by atoms with Crippen molar-refractivity contribution in [2.24, 2.45) is 0 Å². The van der Waals surface area contributed by atoms with Gasteiger partial charge in [0.25, 0.3) is 0 Å². The average Bonchev–Trinajstić information content (AvgIpc) is 3.69. The van der Waals surface area contributed by atoms with Gasteiger partial charge in [-0.05, 0) is 116 Å². The molecule has 64 heavy (non-hydrogen) atoms. The smallest absolute Gasteiger partial charge is 0.178 e. The highest BCUT2D eigenvalue weighted by molar-refractivity contribution is 5.92. The third-order valence-corrected chi connectivity index (χ3v) is 12.9. The van der Waals surface area contributed by atoms with E-state index in [1.165, 1.54) is 44.5 Å². The van der Waals surface area contributed by atoms with Crippen molar-refractivity contribution in [3.8, 4) is 67.5 Å². The van der Waals surface area contributed by atoms with E-state index in [2.05, 4.69) is 229 Å². The summed E-state index contributed by atoms with van der Waals surface area (Å²) < 4.78 is 13.2. The number of para-hydroxylation sites is 2. The summed E-state index contributed by atoms with van der Waals surface area (Å²) in [6.07, 6.45) is 0. The van der Waals surface area contributed by atoms with Gasteiger partial charge in [-0.1, -0.05) is 194 Å². The minimum absolute atomic E-state index is 0.586. The first kappa shape index (κ1) is 37.4. The van der Waals surface area contributed by atoms with Crippen molar-refractivity contribution in [1.82, 2.24) is 0 Å². The predicted octanol–water partition coefficient (Wildman–Crippen LogP) is 16.4. The maximum absolute atomic E-state index is 6.72. The molecule has 10 aromatic carbocycles. The number of ether oxygens (including phenoxy) is 2. The molecular weight excluding hydrogens is 779 g/mol. The van der Waals surface area contributed by atoms with Crippen molar-refractivity contribution >= 4 is 17.1 Å². The average molecular weight is 820 g/mol. The van der Waals surface area contributed by atoms with Crippen molar-refractivity contribution in [3.63, 3.8) is 0 Å². The topological polar surface area (TPSA) is 21.7 Å². The van der Waals surface area contributed by atoms with Crippen LogP contribution in [-0.2, 0) is 5.41 Å². The molecule has 0 saturated heterocycles. The fraction of sp³-hybridized carbons (Fsp3) is 0.0164. The minimum Gasteiger partial charge on any atom is -0.449 e. The molecule has 0 saturated carbocycles. The number of benzene rings is 10. The van der Waals surface area contributed by atoms with Crippen LogP contribution in [0, 0.1) is 0 Å². The molecule has 0 bridgehead atoms. The first-order chi connectivity index (χ1) is 31.7. The molecule has 0 fully saturated rings. The van der Waals surface area contributed by atoms with E-state index >= 15 is 0 Å². The second-order valence-electron chi connectivity index (χ2n) is 16.4. The van der Waals surface area contributed by atoms with E-state index in [-0.39, 0.29) is 0 Å². The molecule has 1 aliphatic heterocycles. The van der Waals surface area contributed by atoms with Crippen LogP contribution >= 0.6 is 0 Å². The molecule has 3 nitrogen and oxygen atoms in total. The molecule has 1 unspecified atom stereocenters. The molecule has 1 aliphatic carbocycles. The Labute approximate surface area is 373 Å². The van der Waals surface area contributed by atoms with E-state index in [0.717, 1.165) is 62.3 Å². The van der Waals surface area contributed by atoms with Crippen LogP contribution in [-0.4, -0.2) is 0 Å². The van der Waals surface area contributed by atoms with Crippen LogP contribution in [0.4, 0.5) is 17.1 Å². The van der Waals surface area contributed by atoms with Gasteiger partial charge in [-0.15, -0.1) is 0 Å². The lowest BCUT2D eigenvalue weighted by atomic mass is 9.67. The number of hydrogen-bond donors (Lipinski definition) is 0. The molecule has 302 valence electrons. The van der Waals surface area contributed by atoms with Crippen molar-refractivity contribution in [2.75, 3.05) is 4.90 Å². The highest BCUT2D eigenvalue weighted by Gasteiger charge is 2.48. The largest absolute Gasteiger partial charge is 0.449 e. The molecule has 1 heterocycles. The predicted molar refractivity (Wildman–Crippen MR) is 261 cm³/mol. The summed E-state index contributed by atoms with van der Waals surface area (Å²) in [5, 5.41) is 0. The van der Waals surface area contributed by atoms with Crippen molar-refractivity contribution in [2.45, 2.75) is 5.41 Å². The van der Waals surface area contributed by atoms with Gasteiger partial charge in [-0.25, -0.2) is 0 Å². The van der Waals surface area contributed by atoms with E-state index in [1.807, 2.05) is 24.3 Å². The van der Waals surface area contributed by atoms with Crippen LogP contribution in [0.3, 0.4) is 0 Å². The molecule has 0 amide bonds. The lowest BCUT2D eigenvalue weighted by molar-refractivity contribution is 0.360. The molecule has 1 atom stereocenters. The van der Waals surface area contributed by atoms with Crippen molar-refractivity contribution in [3.05, 3.63) is 271 Å².